The molecule has 21 heavy (non-hydrogen) atoms. The number of primary amides is 1. The Labute approximate surface area is 119 Å². The van der Waals surface area contributed by atoms with Crippen LogP contribution in [-0.2, 0) is 4.79 Å². The number of amides is 3. The molecule has 1 aromatic rings. The summed E-state index contributed by atoms with van der Waals surface area (Å²) in [5.74, 6) is -2.69. The van der Waals surface area contributed by atoms with Crippen LogP contribution in [-0.4, -0.2) is 40.5 Å². The lowest BCUT2D eigenvalue weighted by Crippen LogP contribution is -2.45. The smallest absolute Gasteiger partial charge is 0.337 e. The Morgan fingerprint density at radius 2 is 2.10 bits per heavy atom. The number of carbonyl (C=O) groups is 3. The van der Waals surface area contributed by atoms with Crippen LogP contribution in [0.5, 0.6) is 0 Å². The van der Waals surface area contributed by atoms with Gasteiger partial charge < -0.3 is 21.1 Å². The van der Waals surface area contributed by atoms with Crippen molar-refractivity contribution in [2.24, 2.45) is 5.73 Å². The van der Waals surface area contributed by atoms with Crippen molar-refractivity contribution in [2.45, 2.75) is 18.9 Å². The molecule has 1 fully saturated rings. The molecule has 1 atom stereocenters. The van der Waals surface area contributed by atoms with E-state index in [1.807, 2.05) is 0 Å². The number of hydrogen-bond donors (Lipinski definition) is 3. The van der Waals surface area contributed by atoms with E-state index in [0.29, 0.717) is 19.4 Å². The molecule has 0 bridgehead atoms. The first-order chi connectivity index (χ1) is 9.90. The average molecular weight is 295 g/mol. The van der Waals surface area contributed by atoms with Gasteiger partial charge in [-0.3, -0.25) is 4.79 Å². The summed E-state index contributed by atoms with van der Waals surface area (Å²) in [6.45, 7) is 0.350. The van der Waals surface area contributed by atoms with Gasteiger partial charge in [0.2, 0.25) is 5.91 Å². The van der Waals surface area contributed by atoms with E-state index in [2.05, 4.69) is 5.32 Å². The number of nitrogens with two attached hydrogens (primary N) is 1. The molecule has 1 saturated heterocycles. The lowest BCUT2D eigenvalue weighted by atomic mass is 10.1. The maximum absolute atomic E-state index is 13.1. The van der Waals surface area contributed by atoms with Crippen LogP contribution in [0.3, 0.4) is 0 Å². The number of carboxylic acids is 1. The Morgan fingerprint density at radius 3 is 2.71 bits per heavy atom. The molecule has 1 unspecified atom stereocenters. The van der Waals surface area contributed by atoms with Crippen molar-refractivity contribution in [3.05, 3.63) is 29.6 Å². The molecule has 0 saturated carbocycles. The van der Waals surface area contributed by atoms with Gasteiger partial charge in [-0.1, -0.05) is 0 Å². The molecule has 4 N–H and O–H groups in total. The highest BCUT2D eigenvalue weighted by Crippen LogP contribution is 2.21. The molecule has 7 nitrogen and oxygen atoms in total. The number of urea groups is 1. The first kappa shape index (κ1) is 14.8. The second-order valence-electron chi connectivity index (χ2n) is 4.68. The number of nitrogens with zero attached hydrogens (tertiary/aromatic N) is 1. The van der Waals surface area contributed by atoms with Crippen molar-refractivity contribution in [1.82, 2.24) is 4.90 Å². The SMILES string of the molecule is NC(=O)C1CCCN1C(=O)Nc1ccc(F)cc1C(=O)O. The first-order valence-electron chi connectivity index (χ1n) is 6.30. The van der Waals surface area contributed by atoms with Crippen molar-refractivity contribution in [1.29, 1.82) is 0 Å². The summed E-state index contributed by atoms with van der Waals surface area (Å²) in [6.07, 6.45) is 1.11. The number of halogens is 1. The maximum atomic E-state index is 13.1. The van der Waals surface area contributed by atoms with E-state index in [4.69, 9.17) is 10.8 Å². The molecule has 2 rings (SSSR count). The fourth-order valence-electron chi connectivity index (χ4n) is 2.30. The van der Waals surface area contributed by atoms with E-state index in [1.165, 1.54) is 4.90 Å². The van der Waals surface area contributed by atoms with Crippen LogP contribution in [0.2, 0.25) is 0 Å². The summed E-state index contributed by atoms with van der Waals surface area (Å²) >= 11 is 0. The van der Waals surface area contributed by atoms with Crippen LogP contribution in [0, 0.1) is 5.82 Å². The molecule has 3 amide bonds. The first-order valence-corrected chi connectivity index (χ1v) is 6.30. The number of carbonyl (C=O) groups excluding carboxylic acids is 2. The predicted molar refractivity (Wildman–Crippen MR) is 71.3 cm³/mol. The zero-order valence-electron chi connectivity index (χ0n) is 11.0. The molecule has 8 heteroatoms. The van der Waals surface area contributed by atoms with Crippen LogP contribution in [0.25, 0.3) is 0 Å². The molecule has 1 aromatic carbocycles. The normalized spacial score (nSPS) is 17.6. The number of likely N-dealkylation sites (tertiary alicyclic amines) is 1. The van der Waals surface area contributed by atoms with E-state index in [-0.39, 0.29) is 11.3 Å². The number of hydrogen-bond acceptors (Lipinski definition) is 3. The summed E-state index contributed by atoms with van der Waals surface area (Å²) in [7, 11) is 0. The molecular formula is C13H14FN3O4. The third kappa shape index (κ3) is 3.10. The summed E-state index contributed by atoms with van der Waals surface area (Å²) < 4.78 is 13.1. The Hall–Kier alpha value is -2.64. The van der Waals surface area contributed by atoms with E-state index in [0.717, 1.165) is 18.2 Å². The van der Waals surface area contributed by atoms with E-state index >= 15 is 0 Å². The Bertz CT molecular complexity index is 605. The van der Waals surface area contributed by atoms with Crippen molar-refractivity contribution >= 4 is 23.6 Å². The van der Waals surface area contributed by atoms with Gasteiger partial charge in [0, 0.05) is 6.54 Å². The van der Waals surface area contributed by atoms with Crippen LogP contribution in [0.15, 0.2) is 18.2 Å². The lowest BCUT2D eigenvalue weighted by molar-refractivity contribution is -0.121. The molecule has 0 aliphatic carbocycles. The third-order valence-corrected chi connectivity index (χ3v) is 3.30. The largest absolute Gasteiger partial charge is 0.478 e. The van der Waals surface area contributed by atoms with Crippen molar-refractivity contribution in [3.63, 3.8) is 0 Å². The number of benzene rings is 1. The topological polar surface area (TPSA) is 113 Å². The zero-order valence-corrected chi connectivity index (χ0v) is 11.0. The van der Waals surface area contributed by atoms with Crippen LogP contribution in [0.1, 0.15) is 23.2 Å². The molecule has 0 radical (unpaired) electrons. The third-order valence-electron chi connectivity index (χ3n) is 3.30. The minimum atomic E-state index is -1.36. The van der Waals surface area contributed by atoms with Gasteiger partial charge in [0.1, 0.15) is 11.9 Å². The fourth-order valence-corrected chi connectivity index (χ4v) is 2.30. The highest BCUT2D eigenvalue weighted by Gasteiger charge is 2.33. The van der Waals surface area contributed by atoms with Gasteiger partial charge in [-0.05, 0) is 31.0 Å². The van der Waals surface area contributed by atoms with Gasteiger partial charge >= 0.3 is 12.0 Å². The van der Waals surface area contributed by atoms with Gasteiger partial charge in [0.15, 0.2) is 0 Å². The van der Waals surface area contributed by atoms with Crippen molar-refractivity contribution in [2.75, 3.05) is 11.9 Å². The monoisotopic (exact) mass is 295 g/mol. The Kier molecular flexibility index (Phi) is 4.06. The van der Waals surface area contributed by atoms with E-state index in [9.17, 15) is 18.8 Å². The van der Waals surface area contributed by atoms with Gasteiger partial charge in [0.25, 0.3) is 0 Å². The highest BCUT2D eigenvalue weighted by molar-refractivity contribution is 6.01. The quantitative estimate of drug-likeness (QED) is 0.772. The maximum Gasteiger partial charge on any atom is 0.337 e. The second kappa shape index (κ2) is 5.78. The zero-order chi connectivity index (χ0) is 15.6. The van der Waals surface area contributed by atoms with Gasteiger partial charge in [0.05, 0.1) is 11.3 Å². The van der Waals surface area contributed by atoms with Crippen LogP contribution < -0.4 is 11.1 Å². The number of aromatic carboxylic acids is 1. The highest BCUT2D eigenvalue weighted by atomic mass is 19.1. The molecule has 1 aliphatic rings. The van der Waals surface area contributed by atoms with Gasteiger partial charge in [-0.15, -0.1) is 0 Å². The minimum Gasteiger partial charge on any atom is -0.478 e. The molecule has 0 spiro atoms. The number of nitrogens with one attached hydrogen (secondary N) is 1. The minimum absolute atomic E-state index is 0.0379. The second-order valence-corrected chi connectivity index (χ2v) is 4.68. The summed E-state index contributed by atoms with van der Waals surface area (Å²) in [5.41, 5.74) is 4.81. The predicted octanol–water partition coefficient (Wildman–Crippen LogP) is 1.01. The Morgan fingerprint density at radius 1 is 1.38 bits per heavy atom. The average Bonchev–Trinajstić information content (AvgIpc) is 2.90. The molecule has 0 aromatic heterocycles. The molecular weight excluding hydrogens is 281 g/mol. The van der Waals surface area contributed by atoms with Gasteiger partial charge in [-0.2, -0.15) is 0 Å². The standard InChI is InChI=1S/C13H14FN3O4/c14-7-3-4-9(8(6-7)12(19)20)16-13(21)17-5-1-2-10(17)11(15)18/h3-4,6,10H,1-2,5H2,(H2,15,18)(H,16,21)(H,19,20). The number of carboxylic acid groups (broad SMARTS) is 1. The summed E-state index contributed by atoms with van der Waals surface area (Å²) in [4.78, 5) is 35.6. The van der Waals surface area contributed by atoms with E-state index < -0.39 is 29.8 Å². The summed E-state index contributed by atoms with van der Waals surface area (Å²) in [5, 5.41) is 11.4. The van der Waals surface area contributed by atoms with E-state index in [1.54, 1.807) is 0 Å². The van der Waals surface area contributed by atoms with Crippen LogP contribution >= 0.6 is 0 Å². The molecule has 1 heterocycles. The number of rotatable bonds is 3. The Balaban J connectivity index is 2.20. The molecule has 1 aliphatic heterocycles. The number of anilines is 1. The lowest BCUT2D eigenvalue weighted by Gasteiger charge is -2.23. The van der Waals surface area contributed by atoms with Crippen molar-refractivity contribution in [3.8, 4) is 0 Å². The van der Waals surface area contributed by atoms with Crippen molar-refractivity contribution < 1.29 is 23.9 Å². The van der Waals surface area contributed by atoms with Gasteiger partial charge in [-0.25, -0.2) is 14.0 Å². The fraction of sp³-hybridized carbons (Fsp3) is 0.308. The summed E-state index contributed by atoms with van der Waals surface area (Å²) in [6, 6.07) is 1.67. The van der Waals surface area contributed by atoms with Crippen LogP contribution in [0.4, 0.5) is 14.9 Å². The molecule has 112 valence electrons.